The monoisotopic (exact) mass is 378 g/mol. The number of aryl methyl sites for hydroxylation is 2. The number of ether oxygens (including phenoxy) is 1. The minimum atomic E-state index is -4.46. The first kappa shape index (κ1) is 24.9. The summed E-state index contributed by atoms with van der Waals surface area (Å²) in [5.74, 6) is 0.539. The van der Waals surface area contributed by atoms with Crippen LogP contribution >= 0.6 is 0 Å². The zero-order valence-electron chi connectivity index (χ0n) is 16.2. The van der Waals surface area contributed by atoms with Crippen LogP contribution in [0.5, 0.6) is 5.75 Å². The average Bonchev–Trinajstić information content (AvgIpc) is 2.53. The molecule has 1 rings (SSSR count). The first-order valence-electron chi connectivity index (χ1n) is 9.15. The van der Waals surface area contributed by atoms with Crippen LogP contribution in [0.15, 0.2) is 18.2 Å². The molecule has 0 bridgehead atoms. The van der Waals surface area contributed by atoms with E-state index in [0.717, 1.165) is 44.1 Å². The number of hydrogen-bond donors (Lipinski definition) is 0. The molecule has 0 aliphatic rings. The molecule has 1 unspecified atom stereocenters. The van der Waals surface area contributed by atoms with E-state index in [1.165, 1.54) is 18.4 Å². The molecule has 6 heteroatoms. The van der Waals surface area contributed by atoms with Crippen molar-refractivity contribution in [2.45, 2.75) is 84.0 Å². The predicted octanol–water partition coefficient (Wildman–Crippen LogP) is 1.82. The van der Waals surface area contributed by atoms with Gasteiger partial charge in [0.25, 0.3) is 0 Å². The molecule has 1 aromatic carbocycles. The molecule has 0 radical (unpaired) electrons. The molecule has 0 saturated carbocycles. The third-order valence-corrected chi connectivity index (χ3v) is 5.23. The summed E-state index contributed by atoms with van der Waals surface area (Å²) in [6, 6.07) is 5.93. The molecule has 0 N–H and O–H groups in total. The standard InChI is InChI=1S/C19H32O4S.Na/c1-4-7-9-11-16-13-14-18(17(15-16)12-10-8-5-2)23-19(6-3)24(20,21)22;/h13-15,19H,4-12H2,1-3H3,(H,20,21,22);/q;+1/p-1. The van der Waals surface area contributed by atoms with Crippen LogP contribution in [0.1, 0.15) is 76.8 Å². The van der Waals surface area contributed by atoms with Gasteiger partial charge in [-0.3, -0.25) is 0 Å². The topological polar surface area (TPSA) is 66.4 Å². The summed E-state index contributed by atoms with van der Waals surface area (Å²) >= 11 is 0. The van der Waals surface area contributed by atoms with Crippen LogP contribution in [0.25, 0.3) is 0 Å². The van der Waals surface area contributed by atoms with E-state index in [1.54, 1.807) is 6.92 Å². The third-order valence-electron chi connectivity index (χ3n) is 4.16. The predicted molar refractivity (Wildman–Crippen MR) is 97.3 cm³/mol. The van der Waals surface area contributed by atoms with E-state index >= 15 is 0 Å². The van der Waals surface area contributed by atoms with Crippen molar-refractivity contribution in [2.24, 2.45) is 0 Å². The van der Waals surface area contributed by atoms with Crippen LogP contribution in [0.2, 0.25) is 0 Å². The summed E-state index contributed by atoms with van der Waals surface area (Å²) < 4.78 is 39.5. The van der Waals surface area contributed by atoms with Crippen molar-refractivity contribution in [1.82, 2.24) is 0 Å². The molecule has 1 aromatic rings. The zero-order valence-corrected chi connectivity index (χ0v) is 19.0. The van der Waals surface area contributed by atoms with E-state index in [2.05, 4.69) is 19.9 Å². The van der Waals surface area contributed by atoms with Crippen molar-refractivity contribution in [1.29, 1.82) is 0 Å². The summed E-state index contributed by atoms with van der Waals surface area (Å²) in [7, 11) is -4.46. The summed E-state index contributed by atoms with van der Waals surface area (Å²) in [6.45, 7) is 5.98. The summed E-state index contributed by atoms with van der Waals surface area (Å²) in [5, 5.41) is 0. The number of hydrogen-bond acceptors (Lipinski definition) is 4. The Morgan fingerprint density at radius 3 is 2.12 bits per heavy atom. The van der Waals surface area contributed by atoms with Crippen molar-refractivity contribution in [3.63, 3.8) is 0 Å². The van der Waals surface area contributed by atoms with E-state index in [-0.39, 0.29) is 36.0 Å². The second kappa shape index (κ2) is 13.2. The molecule has 0 aliphatic heterocycles. The molecule has 0 aliphatic carbocycles. The molecule has 25 heavy (non-hydrogen) atoms. The smallest absolute Gasteiger partial charge is 0.745 e. The van der Waals surface area contributed by atoms with Crippen LogP contribution in [0.4, 0.5) is 0 Å². The second-order valence-corrected chi connectivity index (χ2v) is 7.82. The van der Waals surface area contributed by atoms with Gasteiger partial charge in [0, 0.05) is 0 Å². The molecule has 4 nitrogen and oxygen atoms in total. The molecule has 138 valence electrons. The summed E-state index contributed by atoms with van der Waals surface area (Å²) in [5.41, 5.74) is 0.952. The third kappa shape index (κ3) is 9.43. The van der Waals surface area contributed by atoms with Gasteiger partial charge in [-0.05, 0) is 49.3 Å². The van der Waals surface area contributed by atoms with Crippen LogP contribution in [0.3, 0.4) is 0 Å². The van der Waals surface area contributed by atoms with Gasteiger partial charge in [0.05, 0.1) is 0 Å². The number of rotatable bonds is 12. The maximum atomic E-state index is 11.3. The molecule has 0 heterocycles. The molecule has 1 atom stereocenters. The molecule has 0 amide bonds. The Labute approximate surface area is 175 Å². The van der Waals surface area contributed by atoms with E-state index in [1.807, 2.05) is 12.1 Å². The molecular weight excluding hydrogens is 347 g/mol. The van der Waals surface area contributed by atoms with Crippen molar-refractivity contribution in [2.75, 3.05) is 0 Å². The van der Waals surface area contributed by atoms with E-state index < -0.39 is 15.6 Å². The quantitative estimate of drug-likeness (QED) is 0.316. The van der Waals surface area contributed by atoms with Gasteiger partial charge in [0.2, 0.25) is 0 Å². The Morgan fingerprint density at radius 1 is 1.00 bits per heavy atom. The van der Waals surface area contributed by atoms with Gasteiger partial charge in [-0.1, -0.05) is 58.6 Å². The van der Waals surface area contributed by atoms with Gasteiger partial charge >= 0.3 is 29.6 Å². The first-order valence-corrected chi connectivity index (χ1v) is 10.6. The van der Waals surface area contributed by atoms with Gasteiger partial charge in [0.1, 0.15) is 15.9 Å². The summed E-state index contributed by atoms with van der Waals surface area (Å²) in [4.78, 5) is 0. The molecule has 0 aromatic heterocycles. The molecule has 0 spiro atoms. The maximum absolute atomic E-state index is 11.3. The fourth-order valence-corrected chi connectivity index (χ4v) is 3.36. The Balaban J connectivity index is 0.00000576. The maximum Gasteiger partial charge on any atom is 1.00 e. The van der Waals surface area contributed by atoms with E-state index in [9.17, 15) is 13.0 Å². The van der Waals surface area contributed by atoms with Crippen molar-refractivity contribution in [3.05, 3.63) is 29.3 Å². The van der Waals surface area contributed by atoms with Gasteiger partial charge in [-0.2, -0.15) is 0 Å². The van der Waals surface area contributed by atoms with Crippen molar-refractivity contribution >= 4 is 10.1 Å². The van der Waals surface area contributed by atoms with Crippen LogP contribution in [0, 0.1) is 0 Å². The van der Waals surface area contributed by atoms with Gasteiger partial charge in [-0.25, -0.2) is 8.42 Å². The molecule has 0 saturated heterocycles. The SMILES string of the molecule is CCCCCc1ccc(OC(CC)S(=O)(=O)[O-])c(CCCCC)c1.[Na+]. The van der Waals surface area contributed by atoms with Crippen LogP contribution in [-0.4, -0.2) is 18.4 Å². The normalized spacial score (nSPS) is 12.5. The fourth-order valence-electron chi connectivity index (χ4n) is 2.73. The zero-order chi connectivity index (χ0) is 18.0. The second-order valence-electron chi connectivity index (χ2n) is 6.30. The fraction of sp³-hybridized carbons (Fsp3) is 0.684. The van der Waals surface area contributed by atoms with E-state index in [0.29, 0.717) is 5.75 Å². The van der Waals surface area contributed by atoms with Gasteiger partial charge in [-0.15, -0.1) is 0 Å². The largest absolute Gasteiger partial charge is 1.00 e. The minimum absolute atomic E-state index is 0. The Bertz CT molecular complexity index is 587. The summed E-state index contributed by atoms with van der Waals surface area (Å²) in [6.07, 6.45) is 8.84. The van der Waals surface area contributed by atoms with Gasteiger partial charge < -0.3 is 9.29 Å². The molecule has 0 fully saturated rings. The Hall–Kier alpha value is -0.0700. The first-order chi connectivity index (χ1) is 11.4. The van der Waals surface area contributed by atoms with Gasteiger partial charge in [0.15, 0.2) is 5.44 Å². The number of unbranched alkanes of at least 4 members (excludes halogenated alkanes) is 4. The Kier molecular flexibility index (Phi) is 13.1. The van der Waals surface area contributed by atoms with Crippen molar-refractivity contribution in [3.8, 4) is 5.75 Å². The van der Waals surface area contributed by atoms with E-state index in [4.69, 9.17) is 4.74 Å². The minimum Gasteiger partial charge on any atom is -0.745 e. The van der Waals surface area contributed by atoms with Crippen LogP contribution in [-0.2, 0) is 23.0 Å². The average molecular weight is 379 g/mol. The Morgan fingerprint density at radius 2 is 1.60 bits per heavy atom. The molecular formula is C19H31NaO4S. The van der Waals surface area contributed by atoms with Crippen molar-refractivity contribution < 1.29 is 47.3 Å². The number of benzene rings is 1. The van der Waals surface area contributed by atoms with Crippen LogP contribution < -0.4 is 34.3 Å².